The monoisotopic (exact) mass is 305 g/mol. The number of rotatable bonds is 4. The van der Waals surface area contributed by atoms with Crippen molar-refractivity contribution in [3.8, 4) is 0 Å². The highest BCUT2D eigenvalue weighted by Crippen LogP contribution is 2.29. The average Bonchev–Trinajstić information content (AvgIpc) is 3.08. The molecule has 2 heterocycles. The van der Waals surface area contributed by atoms with Gasteiger partial charge in [-0.2, -0.15) is 5.10 Å². The van der Waals surface area contributed by atoms with Crippen molar-refractivity contribution in [2.45, 2.75) is 18.9 Å². The standard InChI is InChI=1S/C15H16ClN3O2/c16-13-3-1-2-10(6-13)11-4-5-19(8-11)9-12-7-17-18-14(12)15(20)21/h1-3,6-7,11H,4-5,8-9H2,(H,17,18)(H,20,21)/t11-/m0/s1. The van der Waals surface area contributed by atoms with E-state index in [1.807, 2.05) is 18.2 Å². The van der Waals surface area contributed by atoms with Crippen LogP contribution >= 0.6 is 11.6 Å². The quantitative estimate of drug-likeness (QED) is 0.911. The molecule has 1 atom stereocenters. The van der Waals surface area contributed by atoms with E-state index in [1.54, 1.807) is 6.20 Å². The zero-order valence-electron chi connectivity index (χ0n) is 11.4. The molecule has 0 radical (unpaired) electrons. The Morgan fingerprint density at radius 3 is 3.14 bits per heavy atom. The highest BCUT2D eigenvalue weighted by molar-refractivity contribution is 6.30. The molecule has 0 saturated carbocycles. The molecule has 0 unspecified atom stereocenters. The van der Waals surface area contributed by atoms with Crippen molar-refractivity contribution >= 4 is 17.6 Å². The Balaban J connectivity index is 1.67. The van der Waals surface area contributed by atoms with Gasteiger partial charge in [-0.3, -0.25) is 10.00 Å². The Kier molecular flexibility index (Phi) is 3.94. The summed E-state index contributed by atoms with van der Waals surface area (Å²) in [5, 5.41) is 16.2. The topological polar surface area (TPSA) is 69.2 Å². The smallest absolute Gasteiger partial charge is 0.354 e. The fourth-order valence-corrected chi connectivity index (χ4v) is 3.06. The van der Waals surface area contributed by atoms with Crippen LogP contribution in [0.2, 0.25) is 5.02 Å². The largest absolute Gasteiger partial charge is 0.477 e. The Bertz CT molecular complexity index is 656. The van der Waals surface area contributed by atoms with Gasteiger partial charge in [0.1, 0.15) is 5.69 Å². The first kappa shape index (κ1) is 14.1. The van der Waals surface area contributed by atoms with Crippen molar-refractivity contribution in [2.24, 2.45) is 0 Å². The Hall–Kier alpha value is -1.85. The van der Waals surface area contributed by atoms with E-state index in [9.17, 15) is 4.79 Å². The highest BCUT2D eigenvalue weighted by Gasteiger charge is 2.25. The van der Waals surface area contributed by atoms with Crippen LogP contribution in [0.4, 0.5) is 0 Å². The molecule has 21 heavy (non-hydrogen) atoms. The molecule has 1 fully saturated rings. The average molecular weight is 306 g/mol. The Labute approximate surface area is 127 Å². The summed E-state index contributed by atoms with van der Waals surface area (Å²) in [4.78, 5) is 13.3. The van der Waals surface area contributed by atoms with E-state index in [0.717, 1.165) is 30.1 Å². The summed E-state index contributed by atoms with van der Waals surface area (Å²) >= 11 is 6.04. The van der Waals surface area contributed by atoms with Gasteiger partial charge in [-0.05, 0) is 36.6 Å². The minimum atomic E-state index is -0.965. The minimum Gasteiger partial charge on any atom is -0.477 e. The van der Waals surface area contributed by atoms with Crippen LogP contribution in [0.15, 0.2) is 30.5 Å². The summed E-state index contributed by atoms with van der Waals surface area (Å²) in [7, 11) is 0. The zero-order valence-corrected chi connectivity index (χ0v) is 12.2. The number of aromatic carboxylic acids is 1. The molecule has 0 amide bonds. The van der Waals surface area contributed by atoms with Crippen LogP contribution in [0.25, 0.3) is 0 Å². The van der Waals surface area contributed by atoms with Gasteiger partial charge >= 0.3 is 5.97 Å². The first-order valence-corrected chi connectivity index (χ1v) is 7.24. The molecule has 0 spiro atoms. The van der Waals surface area contributed by atoms with Crippen LogP contribution in [0.3, 0.4) is 0 Å². The summed E-state index contributed by atoms with van der Waals surface area (Å²) in [6, 6.07) is 7.96. The number of aromatic nitrogens is 2. The zero-order chi connectivity index (χ0) is 14.8. The van der Waals surface area contributed by atoms with Gasteiger partial charge in [-0.15, -0.1) is 0 Å². The third kappa shape index (κ3) is 3.09. The SMILES string of the molecule is O=C(O)c1[nH]ncc1CN1CC[C@H](c2cccc(Cl)c2)C1. The molecule has 0 bridgehead atoms. The predicted octanol–water partition coefficient (Wildman–Crippen LogP) is 2.75. The van der Waals surface area contributed by atoms with Crippen molar-refractivity contribution in [3.63, 3.8) is 0 Å². The Morgan fingerprint density at radius 2 is 2.38 bits per heavy atom. The number of benzene rings is 1. The minimum absolute atomic E-state index is 0.182. The maximum absolute atomic E-state index is 11.1. The first-order chi connectivity index (χ1) is 10.1. The lowest BCUT2D eigenvalue weighted by Gasteiger charge is -2.15. The molecule has 1 aliphatic heterocycles. The lowest BCUT2D eigenvalue weighted by Crippen LogP contribution is -2.20. The van der Waals surface area contributed by atoms with Crippen LogP contribution in [0.1, 0.15) is 34.0 Å². The fourth-order valence-electron chi connectivity index (χ4n) is 2.87. The van der Waals surface area contributed by atoms with Gasteiger partial charge in [-0.1, -0.05) is 23.7 Å². The number of hydrogen-bond acceptors (Lipinski definition) is 3. The third-order valence-corrected chi connectivity index (χ3v) is 4.15. The molecule has 2 aromatic rings. The van der Waals surface area contributed by atoms with E-state index in [-0.39, 0.29) is 5.69 Å². The van der Waals surface area contributed by atoms with Gasteiger partial charge in [0.05, 0.1) is 6.20 Å². The summed E-state index contributed by atoms with van der Waals surface area (Å²) in [6.45, 7) is 2.46. The van der Waals surface area contributed by atoms with Gasteiger partial charge in [-0.25, -0.2) is 4.79 Å². The number of H-pyrrole nitrogens is 1. The van der Waals surface area contributed by atoms with Gasteiger partial charge in [0.2, 0.25) is 0 Å². The molecule has 1 aromatic carbocycles. The molecular formula is C15H16ClN3O2. The molecule has 1 aliphatic rings. The van der Waals surface area contributed by atoms with Crippen molar-refractivity contribution in [2.75, 3.05) is 13.1 Å². The van der Waals surface area contributed by atoms with E-state index >= 15 is 0 Å². The summed E-state index contributed by atoms with van der Waals surface area (Å²) in [5.41, 5.74) is 2.16. The number of likely N-dealkylation sites (tertiary alicyclic amines) is 1. The van der Waals surface area contributed by atoms with Crippen LogP contribution in [0.5, 0.6) is 0 Å². The van der Waals surface area contributed by atoms with E-state index in [1.165, 1.54) is 5.56 Å². The highest BCUT2D eigenvalue weighted by atomic mass is 35.5. The normalized spacial score (nSPS) is 19.0. The first-order valence-electron chi connectivity index (χ1n) is 6.87. The summed E-state index contributed by atoms with van der Waals surface area (Å²) in [6.07, 6.45) is 2.65. The van der Waals surface area contributed by atoms with Crippen molar-refractivity contribution in [1.29, 1.82) is 0 Å². The maximum atomic E-state index is 11.1. The van der Waals surface area contributed by atoms with Crippen molar-refractivity contribution < 1.29 is 9.90 Å². The fraction of sp³-hybridized carbons (Fsp3) is 0.333. The molecule has 0 aliphatic carbocycles. The van der Waals surface area contributed by atoms with E-state index < -0.39 is 5.97 Å². The second-order valence-corrected chi connectivity index (χ2v) is 5.79. The number of aromatic amines is 1. The number of carbonyl (C=O) groups is 1. The number of hydrogen-bond donors (Lipinski definition) is 2. The molecule has 3 rings (SSSR count). The van der Waals surface area contributed by atoms with Gasteiger partial charge < -0.3 is 5.11 Å². The van der Waals surface area contributed by atoms with E-state index in [0.29, 0.717) is 12.5 Å². The number of nitrogens with zero attached hydrogens (tertiary/aromatic N) is 2. The Morgan fingerprint density at radius 1 is 1.52 bits per heavy atom. The summed E-state index contributed by atoms with van der Waals surface area (Å²) < 4.78 is 0. The summed E-state index contributed by atoms with van der Waals surface area (Å²) in [5.74, 6) is -0.517. The van der Waals surface area contributed by atoms with E-state index in [4.69, 9.17) is 16.7 Å². The second-order valence-electron chi connectivity index (χ2n) is 5.35. The molecule has 1 saturated heterocycles. The number of nitrogens with one attached hydrogen (secondary N) is 1. The number of carboxylic acid groups (broad SMARTS) is 1. The van der Waals surface area contributed by atoms with Crippen LogP contribution in [-0.4, -0.2) is 39.3 Å². The third-order valence-electron chi connectivity index (χ3n) is 3.92. The molecule has 2 N–H and O–H groups in total. The lowest BCUT2D eigenvalue weighted by molar-refractivity contribution is 0.0688. The van der Waals surface area contributed by atoms with Crippen LogP contribution in [0, 0.1) is 0 Å². The number of carboxylic acids is 1. The number of halogens is 1. The lowest BCUT2D eigenvalue weighted by atomic mass is 9.99. The molecular weight excluding hydrogens is 290 g/mol. The van der Waals surface area contributed by atoms with Crippen LogP contribution in [-0.2, 0) is 6.54 Å². The van der Waals surface area contributed by atoms with Gasteiger partial charge in [0.15, 0.2) is 0 Å². The van der Waals surface area contributed by atoms with Gasteiger partial charge in [0, 0.05) is 23.7 Å². The van der Waals surface area contributed by atoms with Crippen molar-refractivity contribution in [1.82, 2.24) is 15.1 Å². The molecule has 6 heteroatoms. The second kappa shape index (κ2) is 5.87. The predicted molar refractivity (Wildman–Crippen MR) is 79.6 cm³/mol. The van der Waals surface area contributed by atoms with Crippen molar-refractivity contribution in [3.05, 3.63) is 52.3 Å². The van der Waals surface area contributed by atoms with Crippen LogP contribution < -0.4 is 0 Å². The van der Waals surface area contributed by atoms with Gasteiger partial charge in [0.25, 0.3) is 0 Å². The maximum Gasteiger partial charge on any atom is 0.354 e. The molecule has 110 valence electrons. The molecule has 5 nitrogen and oxygen atoms in total. The van der Waals surface area contributed by atoms with E-state index in [2.05, 4.69) is 21.2 Å². The molecule has 1 aromatic heterocycles.